The van der Waals surface area contributed by atoms with Crippen molar-refractivity contribution in [3.63, 3.8) is 0 Å². The number of halogens is 1. The fraction of sp³-hybridized carbons (Fsp3) is 0.700. The molecule has 1 nitrogen and oxygen atoms in total. The van der Waals surface area contributed by atoms with Gasteiger partial charge in [0.2, 0.25) is 0 Å². The molecule has 3 aliphatic rings. The van der Waals surface area contributed by atoms with Crippen molar-refractivity contribution in [3.8, 4) is 0 Å². The van der Waals surface area contributed by atoms with Gasteiger partial charge in [0.15, 0.2) is 5.78 Å². The molecule has 0 amide bonds. The highest BCUT2D eigenvalue weighted by molar-refractivity contribution is 9.12. The minimum atomic E-state index is 0.239. The number of carbonyl (C=O) groups excluding carboxylic acids is 1. The lowest BCUT2D eigenvalue weighted by Gasteiger charge is -2.50. The first-order valence-corrected chi connectivity index (χ1v) is 5.22. The van der Waals surface area contributed by atoms with E-state index in [1.165, 1.54) is 0 Å². The van der Waals surface area contributed by atoms with E-state index in [9.17, 15) is 4.79 Å². The van der Waals surface area contributed by atoms with E-state index in [4.69, 9.17) is 0 Å². The van der Waals surface area contributed by atoms with Crippen LogP contribution in [0, 0.1) is 17.3 Å². The van der Waals surface area contributed by atoms with Crippen LogP contribution in [0.3, 0.4) is 0 Å². The summed E-state index contributed by atoms with van der Waals surface area (Å²) in [4.78, 5) is 11.7. The first kappa shape index (κ1) is 8.49. The Kier molecular flexibility index (Phi) is 1.73. The topological polar surface area (TPSA) is 17.1 Å². The van der Waals surface area contributed by atoms with E-state index in [1.54, 1.807) is 0 Å². The van der Waals surface area contributed by atoms with Crippen LogP contribution in [0.2, 0.25) is 0 Å². The molecule has 0 saturated heterocycles. The number of allylic oxidation sites excluding steroid dienone is 2. The maximum atomic E-state index is 11.7. The predicted octanol–water partition coefficient (Wildman–Crippen LogP) is 2.90. The molecular weight excluding hydrogens is 216 g/mol. The van der Waals surface area contributed by atoms with Gasteiger partial charge < -0.3 is 0 Å². The third kappa shape index (κ3) is 0.936. The van der Waals surface area contributed by atoms with Crippen LogP contribution in [0.25, 0.3) is 0 Å². The Morgan fingerprint density at radius 2 is 2.25 bits per heavy atom. The molecule has 0 aromatic heterocycles. The number of hydrogen-bond acceptors (Lipinski definition) is 1. The molecular formula is C10H13BrO. The molecule has 66 valence electrons. The second kappa shape index (κ2) is 2.44. The zero-order chi connectivity index (χ0) is 8.93. The number of fused-ring (bicyclic) bond motifs is 2. The molecule has 3 rings (SSSR count). The quantitative estimate of drug-likeness (QED) is 0.624. The van der Waals surface area contributed by atoms with Crippen LogP contribution in [0.15, 0.2) is 10.6 Å². The largest absolute Gasteiger partial charge is 0.293 e. The Bertz CT molecular complexity index is 265. The molecule has 0 N–H and O–H groups in total. The zero-order valence-electron chi connectivity index (χ0n) is 7.43. The Morgan fingerprint density at radius 1 is 1.58 bits per heavy atom. The van der Waals surface area contributed by atoms with E-state index >= 15 is 0 Å². The zero-order valence-corrected chi connectivity index (χ0v) is 9.02. The first-order valence-electron chi connectivity index (χ1n) is 4.43. The minimum Gasteiger partial charge on any atom is -0.293 e. The van der Waals surface area contributed by atoms with Gasteiger partial charge in [0, 0.05) is 5.92 Å². The van der Waals surface area contributed by atoms with Crippen LogP contribution >= 0.6 is 15.9 Å². The molecule has 0 heterocycles. The average molecular weight is 229 g/mol. The lowest BCUT2D eigenvalue weighted by Crippen LogP contribution is -2.47. The Labute approximate surface area is 81.4 Å². The maximum Gasteiger partial charge on any atom is 0.173 e. The lowest BCUT2D eigenvalue weighted by molar-refractivity contribution is -0.132. The average Bonchev–Trinajstić information content (AvgIpc) is 2.18. The van der Waals surface area contributed by atoms with Crippen molar-refractivity contribution in [2.24, 2.45) is 17.3 Å². The van der Waals surface area contributed by atoms with E-state index in [-0.39, 0.29) is 11.3 Å². The van der Waals surface area contributed by atoms with E-state index in [1.807, 2.05) is 6.08 Å². The fourth-order valence-electron chi connectivity index (χ4n) is 2.37. The van der Waals surface area contributed by atoms with Crippen molar-refractivity contribution in [3.05, 3.63) is 10.6 Å². The highest BCUT2D eigenvalue weighted by atomic mass is 79.9. The molecule has 0 spiro atoms. The van der Waals surface area contributed by atoms with Gasteiger partial charge in [0.1, 0.15) is 0 Å². The van der Waals surface area contributed by atoms with Crippen molar-refractivity contribution in [1.29, 1.82) is 0 Å². The summed E-state index contributed by atoms with van der Waals surface area (Å²) in [5, 5.41) is 0. The lowest BCUT2D eigenvalue weighted by atomic mass is 9.54. The van der Waals surface area contributed by atoms with Crippen LogP contribution in [0.5, 0.6) is 0 Å². The summed E-state index contributed by atoms with van der Waals surface area (Å²) in [7, 11) is 0. The summed E-state index contributed by atoms with van der Waals surface area (Å²) >= 11 is 3.33. The van der Waals surface area contributed by atoms with Crippen molar-refractivity contribution in [2.45, 2.75) is 26.7 Å². The van der Waals surface area contributed by atoms with E-state index < -0.39 is 0 Å². The molecule has 0 radical (unpaired) electrons. The minimum absolute atomic E-state index is 0.239. The third-order valence-electron chi connectivity index (χ3n) is 3.60. The van der Waals surface area contributed by atoms with Crippen LogP contribution < -0.4 is 0 Å². The molecule has 12 heavy (non-hydrogen) atoms. The van der Waals surface area contributed by atoms with Crippen LogP contribution in [-0.2, 0) is 4.79 Å². The van der Waals surface area contributed by atoms with Gasteiger partial charge in [-0.15, -0.1) is 0 Å². The van der Waals surface area contributed by atoms with Gasteiger partial charge in [-0.2, -0.15) is 0 Å². The molecule has 0 unspecified atom stereocenters. The first-order chi connectivity index (χ1) is 5.53. The van der Waals surface area contributed by atoms with E-state index in [0.717, 1.165) is 23.2 Å². The molecule has 1 fully saturated rings. The van der Waals surface area contributed by atoms with Gasteiger partial charge in [0.25, 0.3) is 0 Å². The summed E-state index contributed by atoms with van der Waals surface area (Å²) < 4.78 is 0.806. The fourth-order valence-corrected chi connectivity index (χ4v) is 2.84. The number of Topliss-reactive ketones (excluding diaryl/α,β-unsaturated/α-hetero) is 1. The molecule has 1 saturated carbocycles. The molecule has 2 heteroatoms. The van der Waals surface area contributed by atoms with Crippen LogP contribution in [0.1, 0.15) is 26.7 Å². The van der Waals surface area contributed by atoms with Crippen molar-refractivity contribution in [1.82, 2.24) is 0 Å². The predicted molar refractivity (Wildman–Crippen MR) is 52.0 cm³/mol. The maximum absolute atomic E-state index is 11.7. The van der Waals surface area contributed by atoms with Gasteiger partial charge in [-0.1, -0.05) is 19.9 Å². The third-order valence-corrected chi connectivity index (χ3v) is 4.32. The number of hydrogen-bond donors (Lipinski definition) is 0. The standard InChI is InChI=1S/C10H13BrO/c1-10(2)6-3-4-8(11)9(12)7(10)5-6/h4,6-7H,3,5H2,1-2H3/t6-,7+/m1/s1. The number of ketones is 1. The van der Waals surface area contributed by atoms with Gasteiger partial charge in [0.05, 0.1) is 4.48 Å². The Balaban J connectivity index is 2.33. The van der Waals surface area contributed by atoms with Crippen molar-refractivity contribution < 1.29 is 4.79 Å². The Hall–Kier alpha value is -0.110. The monoisotopic (exact) mass is 228 g/mol. The number of rotatable bonds is 0. The molecule has 0 aromatic carbocycles. The van der Waals surface area contributed by atoms with Crippen LogP contribution in [-0.4, -0.2) is 5.78 Å². The molecule has 2 bridgehead atoms. The molecule has 3 aliphatic carbocycles. The number of carbonyl (C=O) groups is 1. The van der Waals surface area contributed by atoms with Gasteiger partial charge in [-0.05, 0) is 40.1 Å². The Morgan fingerprint density at radius 3 is 2.83 bits per heavy atom. The second-order valence-electron chi connectivity index (χ2n) is 4.46. The molecule has 0 aliphatic heterocycles. The van der Waals surface area contributed by atoms with Gasteiger partial charge in [-0.25, -0.2) is 0 Å². The van der Waals surface area contributed by atoms with Crippen molar-refractivity contribution >= 4 is 21.7 Å². The summed E-state index contributed by atoms with van der Waals surface area (Å²) in [6.45, 7) is 4.42. The highest BCUT2D eigenvalue weighted by Gasteiger charge is 2.52. The second-order valence-corrected chi connectivity index (χ2v) is 5.31. The summed E-state index contributed by atoms with van der Waals surface area (Å²) in [6, 6.07) is 0. The van der Waals surface area contributed by atoms with Crippen molar-refractivity contribution in [2.75, 3.05) is 0 Å². The van der Waals surface area contributed by atoms with E-state index in [0.29, 0.717) is 5.78 Å². The summed E-state index contributed by atoms with van der Waals surface area (Å²) in [5.74, 6) is 1.31. The van der Waals surface area contributed by atoms with Crippen LogP contribution in [0.4, 0.5) is 0 Å². The molecule has 0 aromatic rings. The molecule has 2 atom stereocenters. The highest BCUT2D eigenvalue weighted by Crippen LogP contribution is 2.56. The van der Waals surface area contributed by atoms with Gasteiger partial charge in [-0.3, -0.25) is 4.79 Å². The smallest absolute Gasteiger partial charge is 0.173 e. The summed E-state index contributed by atoms with van der Waals surface area (Å²) in [6.07, 6.45) is 4.20. The van der Waals surface area contributed by atoms with Gasteiger partial charge >= 0.3 is 0 Å². The normalized spacial score (nSPS) is 38.2. The SMILES string of the molecule is CC1(C)[C@@H]2CC=C(Br)C(=O)[C@@H]1C2. The summed E-state index contributed by atoms with van der Waals surface area (Å²) in [5.41, 5.74) is 0.239. The van der Waals surface area contributed by atoms with E-state index in [2.05, 4.69) is 29.8 Å².